The number of halogens is 1. The van der Waals surface area contributed by atoms with E-state index in [1.807, 2.05) is 6.07 Å². The highest BCUT2D eigenvalue weighted by atomic mass is 35.5. The molecule has 0 fully saturated rings. The van der Waals surface area contributed by atoms with Crippen LogP contribution in [0.5, 0.6) is 0 Å². The Morgan fingerprint density at radius 1 is 0.450 bits per heavy atom. The third kappa shape index (κ3) is 7.82. The van der Waals surface area contributed by atoms with E-state index in [1.54, 1.807) is 0 Å². The Morgan fingerprint density at radius 3 is 1.47 bits per heavy atom. The van der Waals surface area contributed by atoms with Crippen LogP contribution >= 0.6 is 11.6 Å². The maximum atomic E-state index is 6.85. The summed E-state index contributed by atoms with van der Waals surface area (Å²) < 4.78 is 0. The first-order valence-corrected chi connectivity index (χ1v) is 22.5. The van der Waals surface area contributed by atoms with Gasteiger partial charge in [-0.15, -0.1) is 0 Å². The fraction of sp³-hybridized carbons (Fsp3) is 0.368. The van der Waals surface area contributed by atoms with Crippen LogP contribution in [0.1, 0.15) is 135 Å². The van der Waals surface area contributed by atoms with Crippen LogP contribution in [0.4, 0.5) is 34.1 Å². The summed E-state index contributed by atoms with van der Waals surface area (Å²) in [7, 11) is 0. The van der Waals surface area contributed by atoms with Crippen LogP contribution in [0.15, 0.2) is 127 Å². The van der Waals surface area contributed by atoms with Crippen molar-refractivity contribution in [1.82, 2.24) is 0 Å². The van der Waals surface area contributed by atoms with Crippen LogP contribution < -0.4 is 9.80 Å². The maximum absolute atomic E-state index is 6.85. The zero-order valence-corrected chi connectivity index (χ0v) is 39.0. The van der Waals surface area contributed by atoms with Gasteiger partial charge in [0.25, 0.3) is 0 Å². The van der Waals surface area contributed by atoms with E-state index >= 15 is 0 Å². The fourth-order valence-electron chi connectivity index (χ4n) is 9.97. The van der Waals surface area contributed by atoms with E-state index in [1.165, 1.54) is 81.6 Å². The molecule has 0 amide bonds. The third-order valence-electron chi connectivity index (χ3n) is 14.0. The van der Waals surface area contributed by atoms with Crippen molar-refractivity contribution in [2.75, 3.05) is 9.80 Å². The molecule has 2 aliphatic rings. The van der Waals surface area contributed by atoms with Gasteiger partial charge in [0.05, 0.1) is 5.69 Å². The smallest absolute Gasteiger partial charge is 0.0540 e. The zero-order chi connectivity index (χ0) is 43.0. The van der Waals surface area contributed by atoms with Gasteiger partial charge in [-0.25, -0.2) is 0 Å². The minimum absolute atomic E-state index is 0.0166. The van der Waals surface area contributed by atoms with Crippen LogP contribution in [0, 0.1) is 6.92 Å². The second kappa shape index (κ2) is 15.0. The Hall–Kier alpha value is -4.79. The van der Waals surface area contributed by atoms with Gasteiger partial charge < -0.3 is 9.80 Å². The van der Waals surface area contributed by atoms with Gasteiger partial charge in [-0.1, -0.05) is 142 Å². The number of benzene rings is 6. The Morgan fingerprint density at radius 2 is 0.950 bits per heavy atom. The van der Waals surface area contributed by atoms with E-state index in [-0.39, 0.29) is 27.1 Å². The number of aryl methyl sites for hydroxylation is 1. The minimum atomic E-state index is -0.0166. The first kappa shape index (κ1) is 41.9. The Kier molecular flexibility index (Phi) is 10.5. The highest BCUT2D eigenvalue weighted by Gasteiger charge is 2.39. The van der Waals surface area contributed by atoms with Crippen LogP contribution in [0.25, 0.3) is 11.1 Å². The molecule has 0 aliphatic heterocycles. The second-order valence-corrected chi connectivity index (χ2v) is 22.0. The standard InChI is InChI=1S/C57H65ClN2/c1-38-31-45(35-46(32-38)60(42-20-16-19-41(58)34-42)52-26-21-40(53(2,3)4)33-47(52)39-17-14-13-15-18-39)59(43-22-24-48-50(36-43)56(9,10)29-27-54(48,5)6)44-23-25-49-51(37-44)57(11,12)30-28-55(49,7)8/h13-26,31-37H,27-30H2,1-12H3. The molecule has 6 aromatic carbocycles. The molecular formula is C57H65ClN2. The van der Waals surface area contributed by atoms with Crippen molar-refractivity contribution in [3.05, 3.63) is 166 Å². The molecule has 8 rings (SSSR count). The number of hydrogen-bond donors (Lipinski definition) is 0. The van der Waals surface area contributed by atoms with Gasteiger partial charge in [0, 0.05) is 39.0 Å². The summed E-state index contributed by atoms with van der Waals surface area (Å²) in [4.78, 5) is 4.94. The van der Waals surface area contributed by atoms with Crippen LogP contribution in [0.2, 0.25) is 5.02 Å². The van der Waals surface area contributed by atoms with E-state index in [0.29, 0.717) is 5.02 Å². The van der Waals surface area contributed by atoms with Crippen molar-refractivity contribution in [3.8, 4) is 11.1 Å². The lowest BCUT2D eigenvalue weighted by atomic mass is 9.63. The third-order valence-corrected chi connectivity index (χ3v) is 14.2. The van der Waals surface area contributed by atoms with E-state index < -0.39 is 0 Å². The van der Waals surface area contributed by atoms with Crippen molar-refractivity contribution in [2.45, 2.75) is 136 Å². The highest BCUT2D eigenvalue weighted by Crippen LogP contribution is 2.52. The first-order chi connectivity index (χ1) is 28.1. The van der Waals surface area contributed by atoms with Crippen molar-refractivity contribution < 1.29 is 0 Å². The summed E-state index contributed by atoms with van der Waals surface area (Å²) in [5.74, 6) is 0. The molecule has 60 heavy (non-hydrogen) atoms. The predicted molar refractivity (Wildman–Crippen MR) is 260 cm³/mol. The van der Waals surface area contributed by atoms with Crippen LogP contribution in [0.3, 0.4) is 0 Å². The molecule has 0 aromatic heterocycles. The topological polar surface area (TPSA) is 6.48 Å². The average Bonchev–Trinajstić information content (AvgIpc) is 3.19. The Bertz CT molecular complexity index is 2490. The Labute approximate surface area is 366 Å². The number of fused-ring (bicyclic) bond motifs is 2. The molecule has 0 saturated heterocycles. The second-order valence-electron chi connectivity index (χ2n) is 21.5. The van der Waals surface area contributed by atoms with E-state index in [0.717, 1.165) is 22.7 Å². The molecule has 0 bridgehead atoms. The molecule has 0 heterocycles. The average molecular weight is 814 g/mol. The largest absolute Gasteiger partial charge is 0.310 e. The predicted octanol–water partition coefficient (Wildman–Crippen LogP) is 17.3. The summed E-state index contributed by atoms with van der Waals surface area (Å²) in [5, 5.41) is 0.707. The number of anilines is 6. The SMILES string of the molecule is Cc1cc(N(c2ccc3c(c2)C(C)(C)CCC3(C)C)c2ccc3c(c2)C(C)(C)CCC3(C)C)cc(N(c2cccc(Cl)c2)c2ccc(C(C)(C)C)cc2-c2ccccc2)c1. The lowest BCUT2D eigenvalue weighted by molar-refractivity contribution is 0.332. The summed E-state index contributed by atoms with van der Waals surface area (Å²) in [5.41, 5.74) is 17.8. The van der Waals surface area contributed by atoms with Gasteiger partial charge in [0.2, 0.25) is 0 Å². The lowest BCUT2D eigenvalue weighted by Crippen LogP contribution is -2.34. The number of nitrogens with zero attached hydrogens (tertiary/aromatic N) is 2. The molecule has 2 aliphatic carbocycles. The summed E-state index contributed by atoms with van der Waals surface area (Å²) >= 11 is 6.85. The first-order valence-electron chi connectivity index (χ1n) is 22.1. The quantitative estimate of drug-likeness (QED) is 0.158. The molecule has 0 saturated carbocycles. The Balaban J connectivity index is 1.40. The number of hydrogen-bond acceptors (Lipinski definition) is 2. The highest BCUT2D eigenvalue weighted by molar-refractivity contribution is 6.30. The fourth-order valence-corrected chi connectivity index (χ4v) is 10.2. The van der Waals surface area contributed by atoms with Crippen molar-refractivity contribution in [3.63, 3.8) is 0 Å². The maximum Gasteiger partial charge on any atom is 0.0540 e. The van der Waals surface area contributed by atoms with Crippen molar-refractivity contribution >= 4 is 45.7 Å². The summed E-state index contributed by atoms with van der Waals surface area (Å²) in [6.07, 6.45) is 4.71. The molecular weight excluding hydrogens is 748 g/mol. The summed E-state index contributed by atoms with van der Waals surface area (Å²) in [6.45, 7) is 28.5. The lowest BCUT2D eigenvalue weighted by Gasteiger charge is -2.43. The van der Waals surface area contributed by atoms with Crippen LogP contribution in [-0.4, -0.2) is 0 Å². The molecule has 0 unspecified atom stereocenters. The zero-order valence-electron chi connectivity index (χ0n) is 38.2. The molecule has 310 valence electrons. The molecule has 0 spiro atoms. The van der Waals surface area contributed by atoms with Gasteiger partial charge in [-0.2, -0.15) is 0 Å². The molecule has 0 N–H and O–H groups in total. The van der Waals surface area contributed by atoms with Gasteiger partial charge in [-0.3, -0.25) is 0 Å². The molecule has 3 heteroatoms. The van der Waals surface area contributed by atoms with Crippen LogP contribution in [-0.2, 0) is 27.1 Å². The monoisotopic (exact) mass is 812 g/mol. The van der Waals surface area contributed by atoms with Crippen molar-refractivity contribution in [2.24, 2.45) is 0 Å². The van der Waals surface area contributed by atoms with E-state index in [2.05, 4.69) is 214 Å². The molecule has 0 radical (unpaired) electrons. The van der Waals surface area contributed by atoms with E-state index in [4.69, 9.17) is 11.6 Å². The number of rotatable bonds is 7. The van der Waals surface area contributed by atoms with E-state index in [9.17, 15) is 0 Å². The van der Waals surface area contributed by atoms with Crippen molar-refractivity contribution in [1.29, 1.82) is 0 Å². The van der Waals surface area contributed by atoms with Gasteiger partial charge >= 0.3 is 0 Å². The molecule has 6 aromatic rings. The van der Waals surface area contributed by atoms with Gasteiger partial charge in [0.15, 0.2) is 0 Å². The summed E-state index contributed by atoms with van der Waals surface area (Å²) in [6, 6.07) is 47.8. The van der Waals surface area contributed by atoms with Gasteiger partial charge in [-0.05, 0) is 171 Å². The normalized spacial score (nSPS) is 17.4. The molecule has 2 nitrogen and oxygen atoms in total. The molecule has 0 atom stereocenters. The minimum Gasteiger partial charge on any atom is -0.310 e. The van der Waals surface area contributed by atoms with Gasteiger partial charge in [0.1, 0.15) is 0 Å².